The van der Waals surface area contributed by atoms with Crippen LogP contribution in [0.2, 0.25) is 0 Å². The van der Waals surface area contributed by atoms with E-state index >= 15 is 0 Å². The minimum Gasteiger partial charge on any atom is -0.338 e. The monoisotopic (exact) mass is 234 g/mol. The Hall–Kier alpha value is -1.42. The lowest BCUT2D eigenvalue weighted by Crippen LogP contribution is -2.31. The van der Waals surface area contributed by atoms with E-state index in [1.807, 2.05) is 4.90 Å². The normalized spacial score (nSPS) is 27.2. The number of likely N-dealkylation sites (tertiary alicyclic amines) is 1. The molecule has 2 atom stereocenters. The highest BCUT2D eigenvalue weighted by Gasteiger charge is 2.38. The lowest BCUT2D eigenvalue weighted by Gasteiger charge is -2.17. The van der Waals surface area contributed by atoms with Crippen LogP contribution in [0.5, 0.6) is 0 Å². The van der Waals surface area contributed by atoms with Crippen LogP contribution >= 0.6 is 0 Å². The third kappa shape index (κ3) is 1.93. The molecule has 1 amide bonds. The molecule has 2 aliphatic heterocycles. The molecule has 2 fully saturated rings. The molecular formula is C13H15FN2O. The van der Waals surface area contributed by atoms with Gasteiger partial charge in [0.1, 0.15) is 5.82 Å². The Kier molecular flexibility index (Phi) is 2.59. The molecule has 2 aliphatic rings. The molecule has 0 aromatic heterocycles. The zero-order valence-corrected chi connectivity index (χ0v) is 9.53. The molecule has 2 unspecified atom stereocenters. The van der Waals surface area contributed by atoms with Gasteiger partial charge in [-0.25, -0.2) is 4.39 Å². The minimum absolute atomic E-state index is 0.0272. The first-order valence-electron chi connectivity index (χ1n) is 5.99. The van der Waals surface area contributed by atoms with E-state index in [9.17, 15) is 9.18 Å². The van der Waals surface area contributed by atoms with Crippen molar-refractivity contribution in [2.75, 3.05) is 26.2 Å². The summed E-state index contributed by atoms with van der Waals surface area (Å²) in [5.41, 5.74) is 0.583. The number of amides is 1. The first-order valence-corrected chi connectivity index (χ1v) is 5.99. The second-order valence-corrected chi connectivity index (χ2v) is 4.90. The van der Waals surface area contributed by atoms with Crippen molar-refractivity contribution in [3.63, 3.8) is 0 Å². The molecule has 2 saturated heterocycles. The number of benzene rings is 1. The van der Waals surface area contributed by atoms with Gasteiger partial charge in [-0.2, -0.15) is 0 Å². The third-order valence-electron chi connectivity index (χ3n) is 3.77. The smallest absolute Gasteiger partial charge is 0.253 e. The lowest BCUT2D eigenvalue weighted by molar-refractivity contribution is 0.0781. The Morgan fingerprint density at radius 3 is 2.35 bits per heavy atom. The molecule has 0 aliphatic carbocycles. The SMILES string of the molecule is O=C(c1ccc(F)cc1)N1CC2CNCC2C1. The van der Waals surface area contributed by atoms with E-state index < -0.39 is 0 Å². The van der Waals surface area contributed by atoms with E-state index in [1.165, 1.54) is 12.1 Å². The van der Waals surface area contributed by atoms with Gasteiger partial charge in [-0.15, -0.1) is 0 Å². The van der Waals surface area contributed by atoms with Crippen LogP contribution in [-0.4, -0.2) is 37.0 Å². The van der Waals surface area contributed by atoms with Crippen LogP contribution in [0.1, 0.15) is 10.4 Å². The van der Waals surface area contributed by atoms with E-state index in [1.54, 1.807) is 12.1 Å². The maximum absolute atomic E-state index is 12.8. The predicted molar refractivity (Wildman–Crippen MR) is 62.2 cm³/mol. The van der Waals surface area contributed by atoms with Gasteiger partial charge in [0.15, 0.2) is 0 Å². The van der Waals surface area contributed by atoms with Crippen molar-refractivity contribution in [3.05, 3.63) is 35.6 Å². The van der Waals surface area contributed by atoms with Crippen LogP contribution < -0.4 is 5.32 Å². The molecule has 1 aromatic rings. The Balaban J connectivity index is 1.73. The Bertz CT molecular complexity index is 420. The van der Waals surface area contributed by atoms with Crippen molar-refractivity contribution in [3.8, 4) is 0 Å². The molecule has 4 heteroatoms. The third-order valence-corrected chi connectivity index (χ3v) is 3.77. The highest BCUT2D eigenvalue weighted by molar-refractivity contribution is 5.94. The Morgan fingerprint density at radius 2 is 1.76 bits per heavy atom. The predicted octanol–water partition coefficient (Wildman–Crippen LogP) is 1.12. The number of fused-ring (bicyclic) bond motifs is 1. The first kappa shape index (κ1) is 10.7. The average Bonchev–Trinajstić information content (AvgIpc) is 2.89. The van der Waals surface area contributed by atoms with Crippen LogP contribution in [-0.2, 0) is 0 Å². The number of rotatable bonds is 1. The molecule has 1 N–H and O–H groups in total. The van der Waals surface area contributed by atoms with Crippen LogP contribution in [0.25, 0.3) is 0 Å². The lowest BCUT2D eigenvalue weighted by atomic mass is 10.0. The van der Waals surface area contributed by atoms with Crippen LogP contribution in [0, 0.1) is 17.7 Å². The van der Waals surface area contributed by atoms with Gasteiger partial charge >= 0.3 is 0 Å². The molecule has 3 nitrogen and oxygen atoms in total. The fourth-order valence-electron chi connectivity index (χ4n) is 2.80. The van der Waals surface area contributed by atoms with Crippen molar-refractivity contribution in [1.29, 1.82) is 0 Å². The van der Waals surface area contributed by atoms with Gasteiger partial charge in [0.2, 0.25) is 0 Å². The molecule has 0 radical (unpaired) electrons. The largest absolute Gasteiger partial charge is 0.338 e. The van der Waals surface area contributed by atoms with Gasteiger partial charge in [0.05, 0.1) is 0 Å². The van der Waals surface area contributed by atoms with Gasteiger partial charge in [-0.1, -0.05) is 0 Å². The molecule has 17 heavy (non-hydrogen) atoms. The van der Waals surface area contributed by atoms with E-state index in [0.29, 0.717) is 17.4 Å². The summed E-state index contributed by atoms with van der Waals surface area (Å²) in [4.78, 5) is 14.1. The summed E-state index contributed by atoms with van der Waals surface area (Å²) in [6.45, 7) is 3.68. The van der Waals surface area contributed by atoms with Gasteiger partial charge in [-0.05, 0) is 36.1 Å². The van der Waals surface area contributed by atoms with Gasteiger partial charge in [0, 0.05) is 31.7 Å². The summed E-state index contributed by atoms with van der Waals surface area (Å²) >= 11 is 0. The number of hydrogen-bond acceptors (Lipinski definition) is 2. The molecule has 0 bridgehead atoms. The molecule has 2 heterocycles. The van der Waals surface area contributed by atoms with Gasteiger partial charge in [0.25, 0.3) is 5.91 Å². The quantitative estimate of drug-likeness (QED) is 0.789. The number of nitrogens with zero attached hydrogens (tertiary/aromatic N) is 1. The second-order valence-electron chi connectivity index (χ2n) is 4.90. The van der Waals surface area contributed by atoms with Crippen LogP contribution in [0.4, 0.5) is 4.39 Å². The van der Waals surface area contributed by atoms with Gasteiger partial charge in [-0.3, -0.25) is 4.79 Å². The van der Waals surface area contributed by atoms with E-state index in [0.717, 1.165) is 26.2 Å². The summed E-state index contributed by atoms with van der Waals surface area (Å²) in [6, 6.07) is 5.80. The summed E-state index contributed by atoms with van der Waals surface area (Å²) < 4.78 is 12.8. The average molecular weight is 234 g/mol. The van der Waals surface area contributed by atoms with Gasteiger partial charge < -0.3 is 10.2 Å². The zero-order valence-electron chi connectivity index (χ0n) is 9.53. The fourth-order valence-corrected chi connectivity index (χ4v) is 2.80. The van der Waals surface area contributed by atoms with E-state index in [-0.39, 0.29) is 11.7 Å². The zero-order chi connectivity index (χ0) is 11.8. The van der Waals surface area contributed by atoms with Crippen molar-refractivity contribution >= 4 is 5.91 Å². The Morgan fingerprint density at radius 1 is 1.18 bits per heavy atom. The number of carbonyl (C=O) groups excluding carboxylic acids is 1. The molecular weight excluding hydrogens is 219 g/mol. The van der Waals surface area contributed by atoms with E-state index in [4.69, 9.17) is 0 Å². The summed E-state index contributed by atoms with van der Waals surface area (Å²) in [5, 5.41) is 3.34. The maximum atomic E-state index is 12.8. The van der Waals surface area contributed by atoms with Crippen LogP contribution in [0.3, 0.4) is 0 Å². The fraction of sp³-hybridized carbons (Fsp3) is 0.462. The molecule has 0 spiro atoms. The summed E-state index contributed by atoms with van der Waals surface area (Å²) in [5.74, 6) is 0.919. The molecule has 1 aromatic carbocycles. The highest BCUT2D eigenvalue weighted by Crippen LogP contribution is 2.27. The number of carbonyl (C=O) groups is 1. The first-order chi connectivity index (χ1) is 8.24. The molecule has 3 rings (SSSR count). The topological polar surface area (TPSA) is 32.3 Å². The van der Waals surface area contributed by atoms with Crippen LogP contribution in [0.15, 0.2) is 24.3 Å². The Labute approximate surface area is 99.6 Å². The summed E-state index contributed by atoms with van der Waals surface area (Å²) in [7, 11) is 0. The van der Waals surface area contributed by atoms with Crippen molar-refractivity contribution < 1.29 is 9.18 Å². The molecule has 0 saturated carbocycles. The number of halogens is 1. The van der Waals surface area contributed by atoms with E-state index in [2.05, 4.69) is 5.32 Å². The second kappa shape index (κ2) is 4.11. The standard InChI is InChI=1S/C13H15FN2O/c14-12-3-1-9(2-4-12)13(17)16-7-10-5-15-6-11(10)8-16/h1-4,10-11,15H,5-8H2. The number of hydrogen-bond donors (Lipinski definition) is 1. The number of nitrogens with one attached hydrogen (secondary N) is 1. The van der Waals surface area contributed by atoms with Crippen molar-refractivity contribution in [2.24, 2.45) is 11.8 Å². The highest BCUT2D eigenvalue weighted by atomic mass is 19.1. The van der Waals surface area contributed by atoms with Crippen molar-refractivity contribution in [1.82, 2.24) is 10.2 Å². The maximum Gasteiger partial charge on any atom is 0.253 e. The van der Waals surface area contributed by atoms with Crippen molar-refractivity contribution in [2.45, 2.75) is 0 Å². The summed E-state index contributed by atoms with van der Waals surface area (Å²) in [6.07, 6.45) is 0. The molecule has 90 valence electrons. The minimum atomic E-state index is -0.302.